The number of hydrogen-bond acceptors (Lipinski definition) is 3. The maximum Gasteiger partial charge on any atom is 0.0206 e. The van der Waals surface area contributed by atoms with Crippen molar-refractivity contribution >= 4 is 11.8 Å². The molecule has 0 atom stereocenters. The average Bonchev–Trinajstić information content (AvgIpc) is 2.65. The van der Waals surface area contributed by atoms with Gasteiger partial charge in [0, 0.05) is 31.9 Å². The van der Waals surface area contributed by atoms with Crippen LogP contribution in [0.5, 0.6) is 0 Å². The minimum Gasteiger partial charge on any atom is -0.311 e. The smallest absolute Gasteiger partial charge is 0.0206 e. The standard InChI is InChI=1S/C14H22N2S/c1-2-5-14(6-3-1)13-15-7-9-16-8-4-11-17-12-10-16/h1-3,5-6,15H,4,7-13H2. The summed E-state index contributed by atoms with van der Waals surface area (Å²) in [6, 6.07) is 10.6. The van der Waals surface area contributed by atoms with E-state index in [1.54, 1.807) is 0 Å². The van der Waals surface area contributed by atoms with Crippen molar-refractivity contribution < 1.29 is 0 Å². The number of benzene rings is 1. The molecule has 0 amide bonds. The molecule has 1 aliphatic heterocycles. The van der Waals surface area contributed by atoms with Crippen LogP contribution in [0.4, 0.5) is 0 Å². The van der Waals surface area contributed by atoms with Crippen molar-refractivity contribution in [3.05, 3.63) is 35.9 Å². The summed E-state index contributed by atoms with van der Waals surface area (Å²) in [5.74, 6) is 2.65. The second kappa shape index (κ2) is 7.75. The van der Waals surface area contributed by atoms with Crippen LogP contribution in [-0.2, 0) is 6.54 Å². The first-order chi connectivity index (χ1) is 8.45. The second-order valence-corrected chi connectivity index (χ2v) is 5.69. The molecule has 1 N–H and O–H groups in total. The third kappa shape index (κ3) is 5.11. The minimum atomic E-state index is 0.990. The van der Waals surface area contributed by atoms with Crippen molar-refractivity contribution in [1.82, 2.24) is 10.2 Å². The first-order valence-corrected chi connectivity index (χ1v) is 7.65. The third-order valence-electron chi connectivity index (χ3n) is 3.09. The average molecular weight is 250 g/mol. The van der Waals surface area contributed by atoms with Crippen LogP contribution in [0.1, 0.15) is 12.0 Å². The molecule has 0 aliphatic carbocycles. The molecule has 2 nitrogen and oxygen atoms in total. The molecular formula is C14H22N2S. The lowest BCUT2D eigenvalue weighted by atomic mass is 10.2. The van der Waals surface area contributed by atoms with Gasteiger partial charge in [0.1, 0.15) is 0 Å². The Balaban J connectivity index is 1.59. The Hall–Kier alpha value is -0.510. The highest BCUT2D eigenvalue weighted by atomic mass is 32.2. The van der Waals surface area contributed by atoms with Gasteiger partial charge >= 0.3 is 0 Å². The molecule has 2 rings (SSSR count). The molecule has 1 heterocycles. The quantitative estimate of drug-likeness (QED) is 0.807. The summed E-state index contributed by atoms with van der Waals surface area (Å²) in [7, 11) is 0. The van der Waals surface area contributed by atoms with E-state index in [9.17, 15) is 0 Å². The zero-order valence-electron chi connectivity index (χ0n) is 10.4. The molecule has 94 valence electrons. The van der Waals surface area contributed by atoms with Crippen LogP contribution in [0.2, 0.25) is 0 Å². The zero-order valence-corrected chi connectivity index (χ0v) is 11.2. The van der Waals surface area contributed by atoms with Crippen molar-refractivity contribution in [2.45, 2.75) is 13.0 Å². The zero-order chi connectivity index (χ0) is 11.8. The fourth-order valence-corrected chi connectivity index (χ4v) is 3.01. The third-order valence-corrected chi connectivity index (χ3v) is 4.14. The summed E-state index contributed by atoms with van der Waals surface area (Å²) in [5, 5.41) is 3.52. The van der Waals surface area contributed by atoms with Gasteiger partial charge in [-0.25, -0.2) is 0 Å². The van der Waals surface area contributed by atoms with Gasteiger partial charge in [0.15, 0.2) is 0 Å². The van der Waals surface area contributed by atoms with Crippen LogP contribution >= 0.6 is 11.8 Å². The van der Waals surface area contributed by atoms with Crippen molar-refractivity contribution in [2.75, 3.05) is 37.7 Å². The van der Waals surface area contributed by atoms with Crippen LogP contribution in [0.3, 0.4) is 0 Å². The first kappa shape index (κ1) is 12.9. The van der Waals surface area contributed by atoms with Crippen LogP contribution in [0, 0.1) is 0 Å². The molecule has 0 bridgehead atoms. The maximum absolute atomic E-state index is 3.52. The Morgan fingerprint density at radius 1 is 1.12 bits per heavy atom. The van der Waals surface area contributed by atoms with Gasteiger partial charge in [-0.1, -0.05) is 30.3 Å². The van der Waals surface area contributed by atoms with Gasteiger partial charge in [-0.15, -0.1) is 0 Å². The Morgan fingerprint density at radius 3 is 2.88 bits per heavy atom. The molecule has 3 heteroatoms. The molecule has 0 spiro atoms. The Morgan fingerprint density at radius 2 is 2.00 bits per heavy atom. The molecule has 1 fully saturated rings. The molecule has 0 unspecified atom stereocenters. The van der Waals surface area contributed by atoms with Gasteiger partial charge in [0.05, 0.1) is 0 Å². The largest absolute Gasteiger partial charge is 0.311 e. The molecule has 1 aromatic carbocycles. The molecule has 1 saturated heterocycles. The highest BCUT2D eigenvalue weighted by Crippen LogP contribution is 2.09. The fraction of sp³-hybridized carbons (Fsp3) is 0.571. The molecular weight excluding hydrogens is 228 g/mol. The van der Waals surface area contributed by atoms with Crippen LogP contribution in [0.15, 0.2) is 30.3 Å². The lowest BCUT2D eigenvalue weighted by molar-refractivity contribution is 0.294. The Labute approximate surface area is 109 Å². The SMILES string of the molecule is c1ccc(CNCCN2CCCSCC2)cc1. The summed E-state index contributed by atoms with van der Waals surface area (Å²) in [5.41, 5.74) is 1.37. The lowest BCUT2D eigenvalue weighted by Crippen LogP contribution is -2.33. The van der Waals surface area contributed by atoms with E-state index < -0.39 is 0 Å². The Bertz CT molecular complexity index is 294. The van der Waals surface area contributed by atoms with Crippen LogP contribution < -0.4 is 5.32 Å². The van der Waals surface area contributed by atoms with Gasteiger partial charge in [0.25, 0.3) is 0 Å². The summed E-state index contributed by atoms with van der Waals surface area (Å²) in [6.45, 7) is 5.81. The van der Waals surface area contributed by atoms with Crippen molar-refractivity contribution in [3.8, 4) is 0 Å². The predicted molar refractivity (Wildman–Crippen MR) is 76.5 cm³/mol. The van der Waals surface area contributed by atoms with E-state index in [0.29, 0.717) is 0 Å². The van der Waals surface area contributed by atoms with Crippen molar-refractivity contribution in [3.63, 3.8) is 0 Å². The minimum absolute atomic E-state index is 0.990. The number of thioether (sulfide) groups is 1. The second-order valence-electron chi connectivity index (χ2n) is 4.47. The van der Waals surface area contributed by atoms with Crippen LogP contribution in [-0.4, -0.2) is 42.6 Å². The van der Waals surface area contributed by atoms with Gasteiger partial charge < -0.3 is 10.2 Å². The van der Waals surface area contributed by atoms with E-state index in [-0.39, 0.29) is 0 Å². The first-order valence-electron chi connectivity index (χ1n) is 6.50. The van der Waals surface area contributed by atoms with Gasteiger partial charge in [-0.05, 0) is 24.3 Å². The van der Waals surface area contributed by atoms with E-state index >= 15 is 0 Å². The number of nitrogens with zero attached hydrogens (tertiary/aromatic N) is 1. The van der Waals surface area contributed by atoms with E-state index in [2.05, 4.69) is 52.3 Å². The lowest BCUT2D eigenvalue weighted by Gasteiger charge is -2.19. The molecule has 0 aromatic heterocycles. The van der Waals surface area contributed by atoms with Gasteiger partial charge in [0.2, 0.25) is 0 Å². The predicted octanol–water partition coefficient (Wildman–Crippen LogP) is 2.22. The van der Waals surface area contributed by atoms with E-state index in [0.717, 1.165) is 13.1 Å². The highest BCUT2D eigenvalue weighted by Gasteiger charge is 2.07. The van der Waals surface area contributed by atoms with Gasteiger partial charge in [-0.3, -0.25) is 0 Å². The van der Waals surface area contributed by atoms with E-state index in [1.807, 2.05) is 0 Å². The van der Waals surface area contributed by atoms with Crippen molar-refractivity contribution in [2.24, 2.45) is 0 Å². The molecule has 0 saturated carbocycles. The number of nitrogens with one attached hydrogen (secondary N) is 1. The highest BCUT2D eigenvalue weighted by molar-refractivity contribution is 7.99. The Kier molecular flexibility index (Phi) is 5.89. The number of rotatable bonds is 5. The molecule has 1 aromatic rings. The molecule has 17 heavy (non-hydrogen) atoms. The van der Waals surface area contributed by atoms with E-state index in [1.165, 1.54) is 43.1 Å². The van der Waals surface area contributed by atoms with Gasteiger partial charge in [-0.2, -0.15) is 11.8 Å². The molecule has 0 radical (unpaired) electrons. The summed E-state index contributed by atoms with van der Waals surface area (Å²) in [6.07, 6.45) is 1.35. The molecule has 1 aliphatic rings. The summed E-state index contributed by atoms with van der Waals surface area (Å²) in [4.78, 5) is 2.58. The summed E-state index contributed by atoms with van der Waals surface area (Å²) < 4.78 is 0. The normalized spacial score (nSPS) is 17.9. The fourth-order valence-electron chi connectivity index (χ4n) is 2.09. The van der Waals surface area contributed by atoms with Crippen molar-refractivity contribution in [1.29, 1.82) is 0 Å². The summed E-state index contributed by atoms with van der Waals surface area (Å²) >= 11 is 2.09. The monoisotopic (exact) mass is 250 g/mol. The number of hydrogen-bond donors (Lipinski definition) is 1. The van der Waals surface area contributed by atoms with Crippen LogP contribution in [0.25, 0.3) is 0 Å². The topological polar surface area (TPSA) is 15.3 Å². The maximum atomic E-state index is 3.52. The van der Waals surface area contributed by atoms with E-state index in [4.69, 9.17) is 0 Å².